The van der Waals surface area contributed by atoms with E-state index in [2.05, 4.69) is 10.1 Å². The Kier molecular flexibility index (Phi) is 5.65. The molecular weight excluding hydrogens is 230 g/mol. The van der Waals surface area contributed by atoms with E-state index < -0.39 is 0 Å². The fourth-order valence-electron chi connectivity index (χ4n) is 1.54. The molecule has 0 heterocycles. The quantitative estimate of drug-likeness (QED) is 0.787. The minimum absolute atomic E-state index is 0.129. The summed E-state index contributed by atoms with van der Waals surface area (Å²) in [7, 11) is 1.39. The van der Waals surface area contributed by atoms with Crippen molar-refractivity contribution in [3.8, 4) is 5.75 Å². The first-order chi connectivity index (χ1) is 8.54. The highest BCUT2D eigenvalue weighted by molar-refractivity contribution is 5.75. The van der Waals surface area contributed by atoms with Crippen LogP contribution in [0, 0.1) is 0 Å². The molecule has 0 spiro atoms. The van der Waals surface area contributed by atoms with Crippen LogP contribution in [0.15, 0.2) is 24.3 Å². The summed E-state index contributed by atoms with van der Waals surface area (Å²) in [4.78, 5) is 11.3. The molecule has 4 nitrogen and oxygen atoms in total. The SMILES string of the molecule is COC(=O)C(C)NCc1ccccc1OC(C)C. The summed E-state index contributed by atoms with van der Waals surface area (Å²) in [5, 5.41) is 3.11. The lowest BCUT2D eigenvalue weighted by Crippen LogP contribution is -2.34. The van der Waals surface area contributed by atoms with Crippen LogP contribution in [-0.2, 0) is 16.1 Å². The van der Waals surface area contributed by atoms with Crippen LogP contribution in [-0.4, -0.2) is 25.2 Å². The lowest BCUT2D eigenvalue weighted by Gasteiger charge is -2.16. The Labute approximate surface area is 108 Å². The molecular formula is C14H21NO3. The number of hydrogen-bond donors (Lipinski definition) is 1. The predicted molar refractivity (Wildman–Crippen MR) is 70.5 cm³/mol. The summed E-state index contributed by atoms with van der Waals surface area (Å²) in [5.41, 5.74) is 1.03. The summed E-state index contributed by atoms with van der Waals surface area (Å²) in [6, 6.07) is 7.47. The number of ether oxygens (including phenoxy) is 2. The number of hydrogen-bond acceptors (Lipinski definition) is 4. The molecule has 0 aliphatic carbocycles. The second-order valence-corrected chi connectivity index (χ2v) is 4.40. The third kappa shape index (κ3) is 4.37. The molecule has 100 valence electrons. The lowest BCUT2D eigenvalue weighted by atomic mass is 10.2. The second-order valence-electron chi connectivity index (χ2n) is 4.40. The van der Waals surface area contributed by atoms with Gasteiger partial charge >= 0.3 is 5.97 Å². The zero-order valence-electron chi connectivity index (χ0n) is 11.4. The smallest absolute Gasteiger partial charge is 0.322 e. The normalized spacial score (nSPS) is 12.3. The standard InChI is InChI=1S/C14H21NO3/c1-10(2)18-13-8-6-5-7-12(13)9-15-11(3)14(16)17-4/h5-8,10-11,15H,9H2,1-4H3. The molecule has 0 radical (unpaired) electrons. The van der Waals surface area contributed by atoms with Gasteiger partial charge in [-0.25, -0.2) is 0 Å². The Hall–Kier alpha value is -1.55. The largest absolute Gasteiger partial charge is 0.491 e. The lowest BCUT2D eigenvalue weighted by molar-refractivity contribution is -0.142. The zero-order valence-corrected chi connectivity index (χ0v) is 11.4. The van der Waals surface area contributed by atoms with E-state index in [1.807, 2.05) is 38.1 Å². The highest BCUT2D eigenvalue weighted by Crippen LogP contribution is 2.19. The van der Waals surface area contributed by atoms with Gasteiger partial charge in [0.15, 0.2) is 0 Å². The van der Waals surface area contributed by atoms with E-state index in [-0.39, 0.29) is 18.1 Å². The van der Waals surface area contributed by atoms with Gasteiger partial charge in [-0.3, -0.25) is 4.79 Å². The average Bonchev–Trinajstić information content (AvgIpc) is 2.35. The second kappa shape index (κ2) is 7.01. The third-order valence-corrected chi connectivity index (χ3v) is 2.49. The maximum absolute atomic E-state index is 11.3. The van der Waals surface area contributed by atoms with Crippen LogP contribution in [0.5, 0.6) is 5.75 Å². The molecule has 0 amide bonds. The first-order valence-corrected chi connectivity index (χ1v) is 6.10. The fourth-order valence-corrected chi connectivity index (χ4v) is 1.54. The van der Waals surface area contributed by atoms with Crippen LogP contribution in [0.4, 0.5) is 0 Å². The Morgan fingerprint density at radius 1 is 1.28 bits per heavy atom. The number of para-hydroxylation sites is 1. The van der Waals surface area contributed by atoms with Crippen LogP contribution in [0.1, 0.15) is 26.3 Å². The number of esters is 1. The van der Waals surface area contributed by atoms with Gasteiger partial charge in [0.25, 0.3) is 0 Å². The number of benzene rings is 1. The average molecular weight is 251 g/mol. The minimum atomic E-state index is -0.331. The van der Waals surface area contributed by atoms with E-state index in [1.54, 1.807) is 6.92 Å². The Bertz CT molecular complexity index is 390. The zero-order chi connectivity index (χ0) is 13.5. The predicted octanol–water partition coefficient (Wildman–Crippen LogP) is 2.12. The van der Waals surface area contributed by atoms with E-state index in [0.29, 0.717) is 6.54 Å². The van der Waals surface area contributed by atoms with Gasteiger partial charge in [0.1, 0.15) is 11.8 Å². The van der Waals surface area contributed by atoms with E-state index in [9.17, 15) is 4.79 Å². The Morgan fingerprint density at radius 2 is 1.94 bits per heavy atom. The number of rotatable bonds is 6. The molecule has 1 aromatic rings. The number of nitrogens with one attached hydrogen (secondary N) is 1. The number of carbonyl (C=O) groups excluding carboxylic acids is 1. The van der Waals surface area contributed by atoms with Crippen molar-refractivity contribution >= 4 is 5.97 Å². The molecule has 4 heteroatoms. The van der Waals surface area contributed by atoms with Crippen molar-refractivity contribution < 1.29 is 14.3 Å². The molecule has 0 saturated heterocycles. The first-order valence-electron chi connectivity index (χ1n) is 6.10. The molecule has 0 aliphatic heterocycles. The highest BCUT2D eigenvalue weighted by Gasteiger charge is 2.13. The van der Waals surface area contributed by atoms with Gasteiger partial charge in [0, 0.05) is 12.1 Å². The minimum Gasteiger partial charge on any atom is -0.491 e. The maximum Gasteiger partial charge on any atom is 0.322 e. The molecule has 0 aliphatic rings. The summed E-state index contributed by atoms with van der Waals surface area (Å²) in [6.45, 7) is 6.32. The number of carbonyl (C=O) groups is 1. The molecule has 1 N–H and O–H groups in total. The van der Waals surface area contributed by atoms with E-state index in [4.69, 9.17) is 4.74 Å². The molecule has 1 unspecified atom stereocenters. The summed E-state index contributed by atoms with van der Waals surface area (Å²) in [6.07, 6.45) is 0.129. The molecule has 0 saturated carbocycles. The summed E-state index contributed by atoms with van der Waals surface area (Å²) >= 11 is 0. The van der Waals surface area contributed by atoms with Gasteiger partial charge in [-0.2, -0.15) is 0 Å². The topological polar surface area (TPSA) is 47.6 Å². The highest BCUT2D eigenvalue weighted by atomic mass is 16.5. The van der Waals surface area contributed by atoms with E-state index >= 15 is 0 Å². The Balaban J connectivity index is 2.64. The van der Waals surface area contributed by atoms with E-state index in [1.165, 1.54) is 7.11 Å². The van der Waals surface area contributed by atoms with Crippen LogP contribution in [0.2, 0.25) is 0 Å². The molecule has 0 bridgehead atoms. The van der Waals surface area contributed by atoms with Crippen molar-refractivity contribution in [2.24, 2.45) is 0 Å². The van der Waals surface area contributed by atoms with Gasteiger partial charge in [0.2, 0.25) is 0 Å². The first kappa shape index (κ1) is 14.5. The molecule has 0 aromatic heterocycles. The van der Waals surface area contributed by atoms with Gasteiger partial charge in [0.05, 0.1) is 13.2 Å². The molecule has 18 heavy (non-hydrogen) atoms. The van der Waals surface area contributed by atoms with Crippen molar-refractivity contribution in [2.45, 2.75) is 39.5 Å². The van der Waals surface area contributed by atoms with Crippen molar-refractivity contribution in [3.63, 3.8) is 0 Å². The van der Waals surface area contributed by atoms with Gasteiger partial charge in [-0.1, -0.05) is 18.2 Å². The third-order valence-electron chi connectivity index (χ3n) is 2.49. The molecule has 1 aromatic carbocycles. The van der Waals surface area contributed by atoms with Gasteiger partial charge in [-0.05, 0) is 26.8 Å². The summed E-state index contributed by atoms with van der Waals surface area (Å²) < 4.78 is 10.4. The van der Waals surface area contributed by atoms with Crippen LogP contribution >= 0.6 is 0 Å². The summed E-state index contributed by atoms with van der Waals surface area (Å²) in [5.74, 6) is 0.578. The maximum atomic E-state index is 11.3. The van der Waals surface area contributed by atoms with Crippen molar-refractivity contribution in [1.82, 2.24) is 5.32 Å². The fraction of sp³-hybridized carbons (Fsp3) is 0.500. The molecule has 1 rings (SSSR count). The van der Waals surface area contributed by atoms with Crippen LogP contribution in [0.25, 0.3) is 0 Å². The monoisotopic (exact) mass is 251 g/mol. The molecule has 0 fully saturated rings. The van der Waals surface area contributed by atoms with Crippen LogP contribution in [0.3, 0.4) is 0 Å². The van der Waals surface area contributed by atoms with Crippen molar-refractivity contribution in [2.75, 3.05) is 7.11 Å². The Morgan fingerprint density at radius 3 is 2.56 bits per heavy atom. The molecule has 1 atom stereocenters. The van der Waals surface area contributed by atoms with Crippen molar-refractivity contribution in [1.29, 1.82) is 0 Å². The van der Waals surface area contributed by atoms with Gasteiger partial charge in [-0.15, -0.1) is 0 Å². The van der Waals surface area contributed by atoms with Gasteiger partial charge < -0.3 is 14.8 Å². The van der Waals surface area contributed by atoms with Crippen LogP contribution < -0.4 is 10.1 Å². The van der Waals surface area contributed by atoms with Crippen molar-refractivity contribution in [3.05, 3.63) is 29.8 Å². The number of methoxy groups -OCH3 is 1. The van der Waals surface area contributed by atoms with E-state index in [0.717, 1.165) is 11.3 Å².